The van der Waals surface area contributed by atoms with E-state index < -0.39 is 0 Å². The van der Waals surface area contributed by atoms with E-state index in [1.54, 1.807) is 0 Å². The van der Waals surface area contributed by atoms with Crippen LogP contribution in [0.1, 0.15) is 31.9 Å². The second-order valence-corrected chi connectivity index (χ2v) is 5.12. The van der Waals surface area contributed by atoms with Crippen LogP contribution in [0.3, 0.4) is 0 Å². The number of rotatable bonds is 3. The molecule has 2 rings (SSSR count). The van der Waals surface area contributed by atoms with Crippen LogP contribution in [0.2, 0.25) is 5.02 Å². The lowest BCUT2D eigenvalue weighted by molar-refractivity contribution is -0.0302. The van der Waals surface area contributed by atoms with Gasteiger partial charge in [-0.3, -0.25) is 0 Å². The summed E-state index contributed by atoms with van der Waals surface area (Å²) in [6.45, 7) is 5.24. The predicted octanol–water partition coefficient (Wildman–Crippen LogP) is 2.92. The molecule has 0 spiro atoms. The van der Waals surface area contributed by atoms with Crippen LogP contribution in [0.25, 0.3) is 0 Å². The molecule has 0 saturated carbocycles. The second-order valence-electron chi connectivity index (χ2n) is 4.68. The third-order valence-electron chi connectivity index (χ3n) is 2.99. The van der Waals surface area contributed by atoms with Crippen molar-refractivity contribution in [3.05, 3.63) is 28.8 Å². The number of benzene rings is 1. The van der Waals surface area contributed by atoms with Crippen LogP contribution in [0, 0.1) is 0 Å². The van der Waals surface area contributed by atoms with E-state index in [0.717, 1.165) is 17.7 Å². The molecule has 0 aliphatic carbocycles. The molecule has 17 heavy (non-hydrogen) atoms. The molecule has 1 heterocycles. The molecule has 94 valence electrons. The number of ether oxygens (including phenoxy) is 2. The maximum Gasteiger partial charge on any atom is 0.131 e. The van der Waals surface area contributed by atoms with E-state index in [1.165, 1.54) is 0 Å². The number of halogens is 1. The van der Waals surface area contributed by atoms with Gasteiger partial charge in [0.25, 0.3) is 0 Å². The number of nitrogens with two attached hydrogens (primary N) is 1. The number of hydrogen-bond acceptors (Lipinski definition) is 3. The van der Waals surface area contributed by atoms with Crippen LogP contribution >= 0.6 is 11.6 Å². The Kier molecular flexibility index (Phi) is 3.61. The fraction of sp³-hybridized carbons (Fsp3) is 0.538. The summed E-state index contributed by atoms with van der Waals surface area (Å²) < 4.78 is 11.4. The van der Waals surface area contributed by atoms with Gasteiger partial charge < -0.3 is 15.2 Å². The Bertz CT molecular complexity index is 410. The van der Waals surface area contributed by atoms with Crippen molar-refractivity contribution in [2.45, 2.75) is 31.9 Å². The third-order valence-corrected chi connectivity index (χ3v) is 3.23. The smallest absolute Gasteiger partial charge is 0.131 e. The Balaban J connectivity index is 2.23. The Morgan fingerprint density at radius 2 is 2.35 bits per heavy atom. The quantitative estimate of drug-likeness (QED) is 0.903. The van der Waals surface area contributed by atoms with E-state index in [-0.39, 0.29) is 11.6 Å². The summed E-state index contributed by atoms with van der Waals surface area (Å²) >= 11 is 5.96. The summed E-state index contributed by atoms with van der Waals surface area (Å²) in [4.78, 5) is 0. The Hall–Kier alpha value is -0.770. The van der Waals surface area contributed by atoms with Crippen molar-refractivity contribution < 1.29 is 9.47 Å². The van der Waals surface area contributed by atoms with Crippen molar-refractivity contribution in [2.24, 2.45) is 5.73 Å². The van der Waals surface area contributed by atoms with Crippen LogP contribution in [0.4, 0.5) is 0 Å². The second kappa shape index (κ2) is 4.84. The summed E-state index contributed by atoms with van der Waals surface area (Å²) in [5.74, 6) is 0.815. The van der Waals surface area contributed by atoms with Gasteiger partial charge in [0, 0.05) is 29.7 Å². The topological polar surface area (TPSA) is 44.5 Å². The molecular formula is C13H18ClNO2. The molecule has 0 fully saturated rings. The SMILES string of the molecule is CCOCC1(C)CC(N)c2cc(Cl)ccc2O1. The average molecular weight is 256 g/mol. The minimum Gasteiger partial charge on any atom is -0.485 e. The fourth-order valence-electron chi connectivity index (χ4n) is 2.19. The largest absolute Gasteiger partial charge is 0.485 e. The monoisotopic (exact) mass is 255 g/mol. The molecule has 0 bridgehead atoms. The first-order valence-electron chi connectivity index (χ1n) is 5.86. The highest BCUT2D eigenvalue weighted by Crippen LogP contribution is 2.39. The van der Waals surface area contributed by atoms with Gasteiger partial charge in [0.1, 0.15) is 11.4 Å². The standard InChI is InChI=1S/C13H18ClNO2/c1-3-16-8-13(2)7-11(15)10-6-9(14)4-5-12(10)17-13/h4-6,11H,3,7-8,15H2,1-2H3. The minimum atomic E-state index is -0.351. The lowest BCUT2D eigenvalue weighted by Crippen LogP contribution is -2.44. The van der Waals surface area contributed by atoms with Gasteiger partial charge in [0.15, 0.2) is 0 Å². The van der Waals surface area contributed by atoms with Crippen molar-refractivity contribution in [1.29, 1.82) is 0 Å². The zero-order valence-corrected chi connectivity index (χ0v) is 11.0. The Morgan fingerprint density at radius 3 is 3.06 bits per heavy atom. The maximum atomic E-state index is 6.17. The van der Waals surface area contributed by atoms with Crippen molar-refractivity contribution in [3.63, 3.8) is 0 Å². The average Bonchev–Trinajstić information content (AvgIpc) is 2.28. The predicted molar refractivity (Wildman–Crippen MR) is 68.5 cm³/mol. The first kappa shape index (κ1) is 12.7. The molecule has 0 saturated heterocycles. The van der Waals surface area contributed by atoms with Gasteiger partial charge in [-0.25, -0.2) is 0 Å². The van der Waals surface area contributed by atoms with E-state index in [9.17, 15) is 0 Å². The molecule has 1 aromatic rings. The van der Waals surface area contributed by atoms with Gasteiger partial charge in [-0.1, -0.05) is 11.6 Å². The minimum absolute atomic E-state index is 0.0529. The van der Waals surface area contributed by atoms with Gasteiger partial charge >= 0.3 is 0 Å². The van der Waals surface area contributed by atoms with E-state index in [0.29, 0.717) is 18.2 Å². The Morgan fingerprint density at radius 1 is 1.59 bits per heavy atom. The zero-order chi connectivity index (χ0) is 12.5. The molecule has 1 aromatic carbocycles. The van der Waals surface area contributed by atoms with E-state index in [1.807, 2.05) is 32.0 Å². The molecule has 1 aliphatic rings. The molecule has 2 N–H and O–H groups in total. The van der Waals surface area contributed by atoms with Gasteiger partial charge in [0.05, 0.1) is 6.61 Å². The molecule has 0 amide bonds. The lowest BCUT2D eigenvalue weighted by Gasteiger charge is -2.38. The summed E-state index contributed by atoms with van der Waals surface area (Å²) in [5, 5.41) is 0.691. The van der Waals surface area contributed by atoms with E-state index in [4.69, 9.17) is 26.8 Å². The first-order valence-corrected chi connectivity index (χ1v) is 6.24. The van der Waals surface area contributed by atoms with Crippen molar-refractivity contribution >= 4 is 11.6 Å². The van der Waals surface area contributed by atoms with Gasteiger partial charge in [0.2, 0.25) is 0 Å². The van der Waals surface area contributed by atoms with Crippen LogP contribution in [0.15, 0.2) is 18.2 Å². The van der Waals surface area contributed by atoms with Crippen molar-refractivity contribution in [1.82, 2.24) is 0 Å². The summed E-state index contributed by atoms with van der Waals surface area (Å²) in [7, 11) is 0. The highest BCUT2D eigenvalue weighted by atomic mass is 35.5. The third kappa shape index (κ3) is 2.73. The maximum absolute atomic E-state index is 6.17. The molecular weight excluding hydrogens is 238 g/mol. The van der Waals surface area contributed by atoms with Crippen molar-refractivity contribution in [2.75, 3.05) is 13.2 Å². The summed E-state index contributed by atoms with van der Waals surface area (Å²) in [6.07, 6.45) is 0.736. The molecule has 2 atom stereocenters. The number of hydrogen-bond donors (Lipinski definition) is 1. The molecule has 3 nitrogen and oxygen atoms in total. The highest BCUT2D eigenvalue weighted by Gasteiger charge is 2.36. The van der Waals surface area contributed by atoms with Crippen molar-refractivity contribution in [3.8, 4) is 5.75 Å². The highest BCUT2D eigenvalue weighted by molar-refractivity contribution is 6.30. The molecule has 1 aliphatic heterocycles. The molecule has 4 heteroatoms. The normalized spacial score (nSPS) is 27.4. The lowest BCUT2D eigenvalue weighted by atomic mass is 9.89. The van der Waals surface area contributed by atoms with Crippen LogP contribution in [-0.2, 0) is 4.74 Å². The van der Waals surface area contributed by atoms with Crippen LogP contribution in [-0.4, -0.2) is 18.8 Å². The molecule has 2 unspecified atom stereocenters. The fourth-order valence-corrected chi connectivity index (χ4v) is 2.37. The van der Waals surface area contributed by atoms with Gasteiger partial charge in [-0.2, -0.15) is 0 Å². The van der Waals surface area contributed by atoms with E-state index >= 15 is 0 Å². The zero-order valence-electron chi connectivity index (χ0n) is 10.2. The van der Waals surface area contributed by atoms with Gasteiger partial charge in [-0.15, -0.1) is 0 Å². The molecule has 0 radical (unpaired) electrons. The summed E-state index contributed by atoms with van der Waals surface area (Å²) in [6, 6.07) is 5.52. The first-order chi connectivity index (χ1) is 8.04. The van der Waals surface area contributed by atoms with E-state index in [2.05, 4.69) is 0 Å². The van der Waals surface area contributed by atoms with Crippen LogP contribution in [0.5, 0.6) is 5.75 Å². The number of fused-ring (bicyclic) bond motifs is 1. The van der Waals surface area contributed by atoms with Gasteiger partial charge in [-0.05, 0) is 32.0 Å². The Labute approximate surface area is 107 Å². The molecule has 0 aromatic heterocycles. The van der Waals surface area contributed by atoms with Crippen LogP contribution < -0.4 is 10.5 Å². The summed E-state index contributed by atoms with van der Waals surface area (Å²) in [5.41, 5.74) is 6.80.